The van der Waals surface area contributed by atoms with E-state index in [-0.39, 0.29) is 17.7 Å². The second-order valence-corrected chi connectivity index (χ2v) is 22.3. The predicted molar refractivity (Wildman–Crippen MR) is 278 cm³/mol. The molecule has 64 heavy (non-hydrogen) atoms. The van der Waals surface area contributed by atoms with E-state index in [1.54, 1.807) is 0 Å². The maximum atomic E-state index is 6.85. The smallest absolute Gasteiger partial charge is 0.333 e. The molecule has 6 heteroatoms. The number of fused-ring (bicyclic) bond motifs is 15. The van der Waals surface area contributed by atoms with Crippen LogP contribution < -0.4 is 15.7 Å². The van der Waals surface area contributed by atoms with Crippen molar-refractivity contribution in [1.29, 1.82) is 0 Å². The molecule has 0 radical (unpaired) electrons. The fraction of sp³-hybridized carbons (Fsp3) is 0.138. The van der Waals surface area contributed by atoms with Gasteiger partial charge in [-0.3, -0.25) is 0 Å². The Balaban J connectivity index is 1.12. The highest BCUT2D eigenvalue weighted by molar-refractivity contribution is 7.26. The number of nitrogens with zero attached hydrogens (tertiary/aromatic N) is 2. The molecular formula is C58H43BN2OS2. The zero-order chi connectivity index (χ0) is 43.0. The van der Waals surface area contributed by atoms with Crippen LogP contribution in [0.1, 0.15) is 52.7 Å². The van der Waals surface area contributed by atoms with E-state index >= 15 is 0 Å². The second-order valence-electron chi connectivity index (χ2n) is 20.1. The van der Waals surface area contributed by atoms with Gasteiger partial charge in [-0.25, -0.2) is 0 Å². The summed E-state index contributed by atoms with van der Waals surface area (Å²) in [6, 6.07) is 57.7. The molecule has 0 saturated heterocycles. The first-order chi connectivity index (χ1) is 31.0. The van der Waals surface area contributed by atoms with Crippen molar-refractivity contribution >= 4 is 125 Å². The van der Waals surface area contributed by atoms with Crippen LogP contribution in [0.5, 0.6) is 0 Å². The molecule has 0 aliphatic carbocycles. The zero-order valence-electron chi connectivity index (χ0n) is 36.6. The quantitative estimate of drug-likeness (QED) is 0.162. The standard InChI is InChI=1S/C58H43BN2OS2/c1-57(2,3)34-16-19-36(20-17-34)61-47-31-54-44(38-21-18-35(58(4,5)6)26-52(38)64-54)27-41(47)39-22-23-40-42-28-43-37-14-10-11-15-51(37)63-53(43)30-46(42)60-48-24-33-25-49(32-12-8-7-9-13-32)62-50(33)29-45(48)59(61)55(39)56(40)60/h7-31H,1-6H3. The lowest BCUT2D eigenvalue weighted by molar-refractivity contribution is 0.590. The molecule has 0 fully saturated rings. The molecule has 0 bridgehead atoms. The van der Waals surface area contributed by atoms with Gasteiger partial charge in [-0.05, 0) is 105 Å². The molecule has 0 saturated carbocycles. The van der Waals surface area contributed by atoms with Gasteiger partial charge in [-0.15, -0.1) is 22.7 Å². The van der Waals surface area contributed by atoms with Gasteiger partial charge in [-0.1, -0.05) is 126 Å². The summed E-state index contributed by atoms with van der Waals surface area (Å²) in [5, 5.41) is 8.99. The van der Waals surface area contributed by atoms with Gasteiger partial charge >= 0.3 is 6.85 Å². The van der Waals surface area contributed by atoms with Crippen LogP contribution in [0.4, 0.5) is 11.4 Å². The van der Waals surface area contributed by atoms with Gasteiger partial charge in [0.2, 0.25) is 0 Å². The highest BCUT2D eigenvalue weighted by atomic mass is 32.1. The highest BCUT2D eigenvalue weighted by Gasteiger charge is 2.44. The lowest BCUT2D eigenvalue weighted by Gasteiger charge is -2.42. The van der Waals surface area contributed by atoms with Crippen molar-refractivity contribution in [3.05, 3.63) is 163 Å². The summed E-state index contributed by atoms with van der Waals surface area (Å²) in [7, 11) is 0. The van der Waals surface area contributed by atoms with Crippen molar-refractivity contribution in [3.63, 3.8) is 0 Å². The topological polar surface area (TPSA) is 21.3 Å². The van der Waals surface area contributed by atoms with Crippen molar-refractivity contribution in [2.24, 2.45) is 0 Å². The van der Waals surface area contributed by atoms with Gasteiger partial charge in [-0.2, -0.15) is 0 Å². The normalized spacial score (nSPS) is 13.7. The summed E-state index contributed by atoms with van der Waals surface area (Å²) in [6.45, 7) is 13.7. The molecule has 0 spiro atoms. The highest BCUT2D eigenvalue weighted by Crippen LogP contribution is 2.50. The van der Waals surface area contributed by atoms with Gasteiger partial charge in [0.05, 0.1) is 11.0 Å². The monoisotopic (exact) mass is 858 g/mol. The second kappa shape index (κ2) is 12.6. The van der Waals surface area contributed by atoms with E-state index < -0.39 is 0 Å². The van der Waals surface area contributed by atoms with Crippen LogP contribution in [0.2, 0.25) is 0 Å². The molecule has 0 unspecified atom stereocenters. The summed E-state index contributed by atoms with van der Waals surface area (Å²) >= 11 is 3.81. The lowest BCUT2D eigenvalue weighted by atomic mass is 9.44. The zero-order valence-corrected chi connectivity index (χ0v) is 38.3. The number of benzene rings is 8. The number of rotatable bonds is 2. The van der Waals surface area contributed by atoms with E-state index in [0.29, 0.717) is 0 Å². The molecule has 0 amide bonds. The Kier molecular flexibility index (Phi) is 7.23. The molecule has 4 aromatic heterocycles. The number of thiophene rings is 2. The Bertz CT molecular complexity index is 3980. The molecule has 2 aliphatic heterocycles. The minimum Gasteiger partial charge on any atom is -0.456 e. The van der Waals surface area contributed by atoms with Crippen LogP contribution in [0.3, 0.4) is 0 Å². The Hall–Kier alpha value is -6.60. The SMILES string of the molecule is CC(C)(C)c1ccc(N2B3c4cc5oc(-c6ccccc6)cc5cc4-n4c5cc6sc7ccccc7c6cc5c5ccc(c3c54)-c3cc4c(cc32)sc2cc(C(C)(C)C)ccc24)cc1. The summed E-state index contributed by atoms with van der Waals surface area (Å²) in [5.41, 5.74) is 16.1. The first-order valence-corrected chi connectivity index (χ1v) is 24.1. The minimum absolute atomic E-state index is 0.0328. The van der Waals surface area contributed by atoms with Crippen LogP contribution in [0.15, 0.2) is 156 Å². The van der Waals surface area contributed by atoms with E-state index in [1.807, 2.05) is 22.7 Å². The van der Waals surface area contributed by atoms with Crippen LogP contribution in [0, 0.1) is 0 Å². The van der Waals surface area contributed by atoms with E-state index in [4.69, 9.17) is 4.42 Å². The van der Waals surface area contributed by atoms with Crippen LogP contribution in [-0.4, -0.2) is 11.4 Å². The molecule has 0 atom stereocenters. The number of hydrogen-bond donors (Lipinski definition) is 0. The van der Waals surface area contributed by atoms with E-state index in [2.05, 4.69) is 203 Å². The maximum Gasteiger partial charge on any atom is 0.333 e. The van der Waals surface area contributed by atoms with Gasteiger partial charge in [0.25, 0.3) is 0 Å². The summed E-state index contributed by atoms with van der Waals surface area (Å²) < 4.78 is 14.7. The van der Waals surface area contributed by atoms with Crippen LogP contribution in [0.25, 0.3) is 101 Å². The van der Waals surface area contributed by atoms with E-state index in [0.717, 1.165) is 22.3 Å². The summed E-state index contributed by atoms with van der Waals surface area (Å²) in [6.07, 6.45) is 0. The summed E-state index contributed by atoms with van der Waals surface area (Å²) in [5.74, 6) is 0.885. The van der Waals surface area contributed by atoms with Crippen molar-refractivity contribution in [2.45, 2.75) is 52.4 Å². The number of anilines is 2. The van der Waals surface area contributed by atoms with Gasteiger partial charge in [0.1, 0.15) is 11.3 Å². The minimum atomic E-state index is -0.116. The average Bonchev–Trinajstić information content (AvgIpc) is 4.06. The molecule has 8 aromatic carbocycles. The predicted octanol–water partition coefficient (Wildman–Crippen LogP) is 15.8. The van der Waals surface area contributed by atoms with Crippen molar-refractivity contribution < 1.29 is 4.42 Å². The molecule has 6 heterocycles. The molecule has 2 aliphatic rings. The third-order valence-corrected chi connectivity index (χ3v) is 16.5. The van der Waals surface area contributed by atoms with Crippen molar-refractivity contribution in [3.8, 4) is 28.1 Å². The van der Waals surface area contributed by atoms with Crippen molar-refractivity contribution in [1.82, 2.24) is 4.57 Å². The van der Waals surface area contributed by atoms with Crippen LogP contribution in [-0.2, 0) is 10.8 Å². The van der Waals surface area contributed by atoms with Crippen LogP contribution >= 0.6 is 22.7 Å². The third kappa shape index (κ3) is 5.04. The largest absolute Gasteiger partial charge is 0.456 e. The number of aromatic nitrogens is 1. The fourth-order valence-corrected chi connectivity index (χ4v) is 13.3. The molecule has 12 aromatic rings. The Labute approximate surface area is 379 Å². The van der Waals surface area contributed by atoms with Crippen molar-refractivity contribution in [2.75, 3.05) is 4.81 Å². The Morgan fingerprint density at radius 1 is 0.500 bits per heavy atom. The van der Waals surface area contributed by atoms with E-state index in [9.17, 15) is 0 Å². The average molecular weight is 859 g/mol. The number of hydrogen-bond acceptors (Lipinski definition) is 4. The van der Waals surface area contributed by atoms with Gasteiger partial charge in [0.15, 0.2) is 0 Å². The molecule has 306 valence electrons. The third-order valence-electron chi connectivity index (χ3n) is 14.3. The first kappa shape index (κ1) is 36.8. The Morgan fingerprint density at radius 3 is 2.00 bits per heavy atom. The molecule has 3 nitrogen and oxygen atoms in total. The molecule has 0 N–H and O–H groups in total. The number of furan rings is 1. The maximum absolute atomic E-state index is 6.85. The van der Waals surface area contributed by atoms with Gasteiger partial charge in [0, 0.05) is 84.7 Å². The van der Waals surface area contributed by atoms with Gasteiger partial charge < -0.3 is 13.8 Å². The molecule has 14 rings (SSSR count). The molecular weight excluding hydrogens is 816 g/mol. The van der Waals surface area contributed by atoms with E-state index in [1.165, 1.54) is 112 Å². The summed E-state index contributed by atoms with van der Waals surface area (Å²) in [4.78, 5) is 2.66. The lowest BCUT2D eigenvalue weighted by Crippen LogP contribution is -2.60. The first-order valence-electron chi connectivity index (χ1n) is 22.4. The Morgan fingerprint density at radius 2 is 1.19 bits per heavy atom. The fourth-order valence-electron chi connectivity index (χ4n) is 11.0.